The number of anilines is 2. The molecular formula is C18H25ClN4O2. The van der Waals surface area contributed by atoms with Crippen LogP contribution in [0.5, 0.6) is 11.5 Å². The molecule has 1 aromatic carbocycles. The number of halogens is 1. The van der Waals surface area contributed by atoms with Gasteiger partial charge in [0.15, 0.2) is 11.5 Å². The van der Waals surface area contributed by atoms with Crippen LogP contribution in [0.25, 0.3) is 0 Å². The van der Waals surface area contributed by atoms with Gasteiger partial charge in [-0.1, -0.05) is 31.5 Å². The standard InChI is InChI=1S/C18H25ClN4O2/c1-4-8-24-14-7-6-13(10-15(14)25-9-5-2)12(3)21-17-11-16(19)22-18(20)23-17/h6-7,10-12H,4-5,8-9H2,1-3H3,(H3,20,21,22,23)/t12-/m1/s1. The van der Waals surface area contributed by atoms with E-state index in [1.54, 1.807) is 6.07 Å². The fourth-order valence-electron chi connectivity index (χ4n) is 2.26. The summed E-state index contributed by atoms with van der Waals surface area (Å²) in [5.74, 6) is 2.23. The summed E-state index contributed by atoms with van der Waals surface area (Å²) in [6.07, 6.45) is 1.88. The first-order valence-corrected chi connectivity index (χ1v) is 8.87. The van der Waals surface area contributed by atoms with Crippen molar-refractivity contribution >= 4 is 23.4 Å². The highest BCUT2D eigenvalue weighted by molar-refractivity contribution is 6.29. The molecule has 136 valence electrons. The fourth-order valence-corrected chi connectivity index (χ4v) is 2.45. The molecule has 3 N–H and O–H groups in total. The molecule has 0 radical (unpaired) electrons. The van der Waals surface area contributed by atoms with Crippen molar-refractivity contribution in [1.82, 2.24) is 9.97 Å². The molecule has 0 bridgehead atoms. The van der Waals surface area contributed by atoms with Gasteiger partial charge in [-0.2, -0.15) is 4.98 Å². The predicted octanol–water partition coefficient (Wildman–Crippen LogP) is 4.46. The number of nitrogens with two attached hydrogens (primary N) is 1. The Morgan fingerprint density at radius 1 is 1.08 bits per heavy atom. The first kappa shape index (κ1) is 19.1. The van der Waals surface area contributed by atoms with E-state index in [0.717, 1.165) is 29.9 Å². The maximum atomic E-state index is 5.92. The van der Waals surface area contributed by atoms with E-state index < -0.39 is 0 Å². The molecule has 2 aromatic rings. The lowest BCUT2D eigenvalue weighted by Gasteiger charge is -2.18. The molecule has 1 heterocycles. The third-order valence-electron chi connectivity index (χ3n) is 3.47. The molecule has 7 heteroatoms. The van der Waals surface area contributed by atoms with E-state index in [1.807, 2.05) is 25.1 Å². The van der Waals surface area contributed by atoms with Crippen LogP contribution < -0.4 is 20.5 Å². The maximum absolute atomic E-state index is 5.92. The smallest absolute Gasteiger partial charge is 0.223 e. The molecule has 0 saturated carbocycles. The van der Waals surface area contributed by atoms with Gasteiger partial charge < -0.3 is 20.5 Å². The zero-order valence-corrected chi connectivity index (χ0v) is 15.6. The quantitative estimate of drug-likeness (QED) is 0.639. The van der Waals surface area contributed by atoms with Gasteiger partial charge in [0.25, 0.3) is 0 Å². The van der Waals surface area contributed by atoms with Crippen LogP contribution in [0, 0.1) is 0 Å². The summed E-state index contributed by atoms with van der Waals surface area (Å²) in [6.45, 7) is 7.48. The highest BCUT2D eigenvalue weighted by Gasteiger charge is 2.12. The number of nitrogens with zero attached hydrogens (tertiary/aromatic N) is 2. The summed E-state index contributed by atoms with van der Waals surface area (Å²) in [4.78, 5) is 8.00. The molecular weight excluding hydrogens is 340 g/mol. The second-order valence-electron chi connectivity index (χ2n) is 5.70. The molecule has 6 nitrogen and oxygen atoms in total. The Morgan fingerprint density at radius 2 is 1.76 bits per heavy atom. The summed E-state index contributed by atoms with van der Waals surface area (Å²) in [5, 5.41) is 3.58. The molecule has 0 amide bonds. The van der Waals surface area contributed by atoms with Gasteiger partial charge in [-0.25, -0.2) is 4.98 Å². The Balaban J connectivity index is 2.18. The van der Waals surface area contributed by atoms with Gasteiger partial charge in [-0.05, 0) is 37.5 Å². The fraction of sp³-hybridized carbons (Fsp3) is 0.444. The number of nitrogens with one attached hydrogen (secondary N) is 1. The average Bonchev–Trinajstić information content (AvgIpc) is 2.57. The van der Waals surface area contributed by atoms with Gasteiger partial charge in [-0.15, -0.1) is 0 Å². The van der Waals surface area contributed by atoms with Crippen LogP contribution in [0.15, 0.2) is 24.3 Å². The summed E-state index contributed by atoms with van der Waals surface area (Å²) < 4.78 is 11.6. The molecule has 0 saturated heterocycles. The topological polar surface area (TPSA) is 82.3 Å². The van der Waals surface area contributed by atoms with Gasteiger partial charge >= 0.3 is 0 Å². The summed E-state index contributed by atoms with van der Waals surface area (Å²) in [5.41, 5.74) is 6.68. The van der Waals surface area contributed by atoms with Crippen LogP contribution in [0.3, 0.4) is 0 Å². The number of benzene rings is 1. The van der Waals surface area contributed by atoms with Crippen molar-refractivity contribution in [2.75, 3.05) is 24.3 Å². The first-order chi connectivity index (χ1) is 12.0. The Morgan fingerprint density at radius 3 is 2.40 bits per heavy atom. The van der Waals surface area contributed by atoms with E-state index >= 15 is 0 Å². The lowest BCUT2D eigenvalue weighted by molar-refractivity contribution is 0.268. The average molecular weight is 365 g/mol. The van der Waals surface area contributed by atoms with E-state index in [9.17, 15) is 0 Å². The number of hydrogen-bond donors (Lipinski definition) is 2. The van der Waals surface area contributed by atoms with Crippen LogP contribution in [-0.2, 0) is 0 Å². The van der Waals surface area contributed by atoms with E-state index in [-0.39, 0.29) is 12.0 Å². The Kier molecular flexibility index (Phi) is 7.13. The minimum Gasteiger partial charge on any atom is -0.490 e. The van der Waals surface area contributed by atoms with Gasteiger partial charge in [0.05, 0.1) is 19.3 Å². The van der Waals surface area contributed by atoms with E-state index in [1.165, 1.54) is 0 Å². The number of nitrogen functional groups attached to an aromatic ring is 1. The van der Waals surface area contributed by atoms with Crippen molar-refractivity contribution in [3.63, 3.8) is 0 Å². The molecule has 1 atom stereocenters. The van der Waals surface area contributed by atoms with Crippen molar-refractivity contribution in [3.8, 4) is 11.5 Å². The summed E-state index contributed by atoms with van der Waals surface area (Å²) >= 11 is 5.92. The van der Waals surface area contributed by atoms with Gasteiger partial charge in [0.1, 0.15) is 11.0 Å². The van der Waals surface area contributed by atoms with Crippen molar-refractivity contribution in [1.29, 1.82) is 0 Å². The third-order valence-corrected chi connectivity index (χ3v) is 3.66. The Labute approximate surface area is 153 Å². The molecule has 0 fully saturated rings. The Hall–Kier alpha value is -2.21. The molecule has 0 aliphatic carbocycles. The van der Waals surface area contributed by atoms with Crippen LogP contribution in [0.1, 0.15) is 45.2 Å². The lowest BCUT2D eigenvalue weighted by Crippen LogP contribution is -2.10. The largest absolute Gasteiger partial charge is 0.490 e. The highest BCUT2D eigenvalue weighted by atomic mass is 35.5. The van der Waals surface area contributed by atoms with Gasteiger partial charge in [0, 0.05) is 6.07 Å². The minimum atomic E-state index is -0.0189. The summed E-state index contributed by atoms with van der Waals surface area (Å²) in [7, 11) is 0. The summed E-state index contributed by atoms with van der Waals surface area (Å²) in [6, 6.07) is 7.56. The van der Waals surface area contributed by atoms with Crippen LogP contribution >= 0.6 is 11.6 Å². The molecule has 25 heavy (non-hydrogen) atoms. The van der Waals surface area contributed by atoms with Gasteiger partial charge in [0.2, 0.25) is 5.95 Å². The third kappa shape index (κ3) is 5.67. The van der Waals surface area contributed by atoms with E-state index in [2.05, 4.69) is 29.1 Å². The van der Waals surface area contributed by atoms with Gasteiger partial charge in [-0.3, -0.25) is 0 Å². The SMILES string of the molecule is CCCOc1ccc([C@@H](C)Nc2cc(Cl)nc(N)n2)cc1OCCC. The second-order valence-corrected chi connectivity index (χ2v) is 6.09. The predicted molar refractivity (Wildman–Crippen MR) is 102 cm³/mol. The normalized spacial score (nSPS) is 11.8. The molecule has 0 spiro atoms. The van der Waals surface area contributed by atoms with Crippen molar-refractivity contribution in [3.05, 3.63) is 35.0 Å². The van der Waals surface area contributed by atoms with Crippen LogP contribution in [0.4, 0.5) is 11.8 Å². The molecule has 2 rings (SSSR count). The van der Waals surface area contributed by atoms with Crippen molar-refractivity contribution in [2.45, 2.75) is 39.7 Å². The number of rotatable bonds is 9. The maximum Gasteiger partial charge on any atom is 0.223 e. The van der Waals surface area contributed by atoms with Crippen molar-refractivity contribution < 1.29 is 9.47 Å². The highest BCUT2D eigenvalue weighted by Crippen LogP contribution is 2.32. The van der Waals surface area contributed by atoms with E-state index in [4.69, 9.17) is 26.8 Å². The first-order valence-electron chi connectivity index (χ1n) is 8.49. The number of hydrogen-bond acceptors (Lipinski definition) is 6. The molecule has 0 aliphatic rings. The number of aromatic nitrogens is 2. The van der Waals surface area contributed by atoms with Crippen LogP contribution in [-0.4, -0.2) is 23.2 Å². The zero-order valence-electron chi connectivity index (χ0n) is 14.9. The van der Waals surface area contributed by atoms with Crippen LogP contribution in [0.2, 0.25) is 5.15 Å². The lowest BCUT2D eigenvalue weighted by atomic mass is 10.1. The molecule has 0 unspecified atom stereocenters. The second kappa shape index (κ2) is 9.32. The molecule has 1 aromatic heterocycles. The Bertz CT molecular complexity index is 677. The van der Waals surface area contributed by atoms with E-state index in [0.29, 0.717) is 24.2 Å². The van der Waals surface area contributed by atoms with Crippen molar-refractivity contribution in [2.24, 2.45) is 0 Å². The minimum absolute atomic E-state index is 0.0189. The zero-order chi connectivity index (χ0) is 18.2. The number of ether oxygens (including phenoxy) is 2. The monoisotopic (exact) mass is 364 g/mol. The molecule has 0 aliphatic heterocycles.